The largest absolute Gasteiger partial charge is 0.382 e. The third-order valence-corrected chi connectivity index (χ3v) is 4.35. The van der Waals surface area contributed by atoms with Crippen LogP contribution in [0.3, 0.4) is 0 Å². The van der Waals surface area contributed by atoms with E-state index in [0.717, 1.165) is 16.8 Å². The van der Waals surface area contributed by atoms with Crippen molar-refractivity contribution in [3.63, 3.8) is 0 Å². The molecule has 0 aliphatic carbocycles. The van der Waals surface area contributed by atoms with Gasteiger partial charge in [0.1, 0.15) is 17.0 Å². The Morgan fingerprint density at radius 1 is 1.07 bits per heavy atom. The second kappa shape index (κ2) is 7.26. The van der Waals surface area contributed by atoms with Gasteiger partial charge >= 0.3 is 0 Å². The molecule has 0 fully saturated rings. The number of nitrogens with zero attached hydrogens (tertiary/aromatic N) is 5. The van der Waals surface area contributed by atoms with Crippen molar-refractivity contribution in [1.29, 1.82) is 0 Å². The van der Waals surface area contributed by atoms with Crippen LogP contribution < -0.4 is 5.73 Å². The van der Waals surface area contributed by atoms with Crippen LogP contribution >= 0.6 is 0 Å². The van der Waals surface area contributed by atoms with Crippen LogP contribution in [0.15, 0.2) is 55.0 Å². The molecule has 142 valence electrons. The maximum Gasteiger partial charge on any atom is 0.166 e. The number of rotatable bonds is 2. The molecule has 3 heterocycles. The number of pyridine rings is 1. The molecule has 4 aromatic rings. The first-order valence-corrected chi connectivity index (χ1v) is 8.96. The lowest BCUT2D eigenvalue weighted by molar-refractivity contribution is 0.117. The molecule has 1 atom stereocenters. The molecular weight excluding hydrogens is 364 g/mol. The van der Waals surface area contributed by atoms with E-state index in [1.165, 1.54) is 12.4 Å². The SMILES string of the molecule is Cc1nc(N)c2nc(-c3cccc(C#C[C@](C)(O)c4cnccn4)c3)ccc2n1. The summed E-state index contributed by atoms with van der Waals surface area (Å²) in [5, 5.41) is 10.6. The summed E-state index contributed by atoms with van der Waals surface area (Å²) in [6, 6.07) is 11.4. The highest BCUT2D eigenvalue weighted by Crippen LogP contribution is 2.23. The molecule has 7 nitrogen and oxygen atoms in total. The smallest absolute Gasteiger partial charge is 0.166 e. The molecule has 0 amide bonds. The summed E-state index contributed by atoms with van der Waals surface area (Å²) in [6.07, 6.45) is 4.57. The van der Waals surface area contributed by atoms with E-state index in [4.69, 9.17) is 5.73 Å². The molecule has 7 heteroatoms. The van der Waals surface area contributed by atoms with Gasteiger partial charge in [-0.15, -0.1) is 0 Å². The van der Waals surface area contributed by atoms with Gasteiger partial charge in [-0.25, -0.2) is 15.0 Å². The van der Waals surface area contributed by atoms with E-state index in [1.807, 2.05) is 36.4 Å². The number of nitrogens with two attached hydrogens (primary N) is 1. The first-order valence-electron chi connectivity index (χ1n) is 8.96. The van der Waals surface area contributed by atoms with Crippen LogP contribution in [0, 0.1) is 18.8 Å². The molecular formula is C22H18N6O. The highest BCUT2D eigenvalue weighted by Gasteiger charge is 2.21. The van der Waals surface area contributed by atoms with Crippen LogP contribution in [0.2, 0.25) is 0 Å². The van der Waals surface area contributed by atoms with Crippen LogP contribution in [0.1, 0.15) is 24.0 Å². The number of benzene rings is 1. The zero-order valence-electron chi connectivity index (χ0n) is 16.0. The molecule has 3 aromatic heterocycles. The second-order valence-corrected chi connectivity index (χ2v) is 6.71. The Morgan fingerprint density at radius 2 is 1.93 bits per heavy atom. The highest BCUT2D eigenvalue weighted by atomic mass is 16.3. The lowest BCUT2D eigenvalue weighted by Crippen LogP contribution is -2.20. The van der Waals surface area contributed by atoms with Crippen molar-refractivity contribution in [2.45, 2.75) is 19.4 Å². The molecule has 0 saturated carbocycles. The van der Waals surface area contributed by atoms with Crippen molar-refractivity contribution in [2.24, 2.45) is 0 Å². The molecule has 0 spiro atoms. The molecule has 0 aliphatic heterocycles. The number of hydrogen-bond donors (Lipinski definition) is 2. The quantitative estimate of drug-likeness (QED) is 0.513. The van der Waals surface area contributed by atoms with Crippen molar-refractivity contribution < 1.29 is 5.11 Å². The van der Waals surface area contributed by atoms with Crippen LogP contribution in [0.5, 0.6) is 0 Å². The fourth-order valence-corrected chi connectivity index (χ4v) is 2.88. The van der Waals surface area contributed by atoms with Crippen molar-refractivity contribution >= 4 is 16.9 Å². The van der Waals surface area contributed by atoms with Gasteiger partial charge in [0.25, 0.3) is 0 Å². The van der Waals surface area contributed by atoms with Gasteiger partial charge in [-0.3, -0.25) is 9.97 Å². The van der Waals surface area contributed by atoms with Crippen molar-refractivity contribution in [3.05, 3.63) is 72.1 Å². The predicted molar refractivity (Wildman–Crippen MR) is 110 cm³/mol. The van der Waals surface area contributed by atoms with Crippen LogP contribution in [-0.2, 0) is 5.60 Å². The minimum atomic E-state index is -1.41. The molecule has 0 unspecified atom stereocenters. The lowest BCUT2D eigenvalue weighted by Gasteiger charge is -2.14. The summed E-state index contributed by atoms with van der Waals surface area (Å²) in [5.74, 6) is 6.82. The summed E-state index contributed by atoms with van der Waals surface area (Å²) >= 11 is 0. The minimum absolute atomic E-state index is 0.352. The zero-order valence-corrected chi connectivity index (χ0v) is 16.0. The number of nitrogen functional groups attached to an aromatic ring is 1. The normalized spacial score (nSPS) is 12.8. The maximum atomic E-state index is 10.6. The molecule has 1 aromatic carbocycles. The van der Waals surface area contributed by atoms with E-state index in [2.05, 4.69) is 36.8 Å². The number of aryl methyl sites for hydroxylation is 1. The standard InChI is InChI=1S/C22H18N6O/c1-14-26-18-7-6-17(28-20(18)21(23)27-14)16-5-3-4-15(12-16)8-9-22(2,29)19-13-24-10-11-25-19/h3-7,10-13,29H,1-2H3,(H2,23,26,27)/t22-/m0/s1. The average Bonchev–Trinajstić information content (AvgIpc) is 2.73. The van der Waals surface area contributed by atoms with Gasteiger partial charge in [0.15, 0.2) is 11.4 Å². The van der Waals surface area contributed by atoms with E-state index >= 15 is 0 Å². The van der Waals surface area contributed by atoms with E-state index in [0.29, 0.717) is 28.4 Å². The summed E-state index contributed by atoms with van der Waals surface area (Å²) in [4.78, 5) is 21.3. The van der Waals surface area contributed by atoms with E-state index in [1.54, 1.807) is 20.0 Å². The Balaban J connectivity index is 1.69. The second-order valence-electron chi connectivity index (χ2n) is 6.71. The Hall–Kier alpha value is -3.89. The first kappa shape index (κ1) is 18.5. The van der Waals surface area contributed by atoms with Gasteiger partial charge in [0, 0.05) is 23.5 Å². The lowest BCUT2D eigenvalue weighted by atomic mass is 10.0. The zero-order chi connectivity index (χ0) is 20.4. The number of fused-ring (bicyclic) bond motifs is 1. The maximum absolute atomic E-state index is 10.6. The summed E-state index contributed by atoms with van der Waals surface area (Å²) in [5.41, 5.74) is 8.61. The predicted octanol–water partition coefficient (Wildman–Crippen LogP) is 2.63. The molecule has 4 rings (SSSR count). The summed E-state index contributed by atoms with van der Waals surface area (Å²) in [7, 11) is 0. The fourth-order valence-electron chi connectivity index (χ4n) is 2.88. The number of aromatic nitrogens is 5. The first-order chi connectivity index (χ1) is 13.9. The van der Waals surface area contributed by atoms with Gasteiger partial charge in [0.2, 0.25) is 0 Å². The van der Waals surface area contributed by atoms with Gasteiger partial charge in [0.05, 0.1) is 17.4 Å². The Bertz CT molecular complexity index is 1260. The Kier molecular flexibility index (Phi) is 4.63. The third-order valence-electron chi connectivity index (χ3n) is 4.35. The number of anilines is 1. The van der Waals surface area contributed by atoms with Crippen LogP contribution in [0.4, 0.5) is 5.82 Å². The third kappa shape index (κ3) is 3.88. The molecule has 0 saturated heterocycles. The average molecular weight is 382 g/mol. The molecule has 29 heavy (non-hydrogen) atoms. The minimum Gasteiger partial charge on any atom is -0.382 e. The Morgan fingerprint density at radius 3 is 2.72 bits per heavy atom. The van der Waals surface area contributed by atoms with E-state index in [9.17, 15) is 5.11 Å². The Labute approximate surface area is 167 Å². The van der Waals surface area contributed by atoms with Crippen LogP contribution in [-0.4, -0.2) is 30.0 Å². The van der Waals surface area contributed by atoms with Crippen molar-refractivity contribution in [1.82, 2.24) is 24.9 Å². The molecule has 3 N–H and O–H groups in total. The van der Waals surface area contributed by atoms with Gasteiger partial charge in [-0.1, -0.05) is 24.0 Å². The van der Waals surface area contributed by atoms with E-state index in [-0.39, 0.29) is 0 Å². The summed E-state index contributed by atoms with van der Waals surface area (Å²) < 4.78 is 0. The van der Waals surface area contributed by atoms with E-state index < -0.39 is 5.60 Å². The monoisotopic (exact) mass is 382 g/mol. The highest BCUT2D eigenvalue weighted by molar-refractivity contribution is 5.86. The topological polar surface area (TPSA) is 111 Å². The van der Waals surface area contributed by atoms with Crippen molar-refractivity contribution in [2.75, 3.05) is 5.73 Å². The number of aliphatic hydroxyl groups is 1. The molecule has 0 radical (unpaired) electrons. The molecule has 0 aliphatic rings. The fraction of sp³-hybridized carbons (Fsp3) is 0.136. The number of hydrogen-bond acceptors (Lipinski definition) is 7. The summed E-state index contributed by atoms with van der Waals surface area (Å²) in [6.45, 7) is 3.38. The van der Waals surface area contributed by atoms with Gasteiger partial charge in [-0.2, -0.15) is 0 Å². The van der Waals surface area contributed by atoms with Crippen LogP contribution in [0.25, 0.3) is 22.3 Å². The van der Waals surface area contributed by atoms with Gasteiger partial charge in [-0.05, 0) is 38.1 Å². The van der Waals surface area contributed by atoms with Gasteiger partial charge < -0.3 is 10.8 Å². The van der Waals surface area contributed by atoms with Crippen molar-refractivity contribution in [3.8, 4) is 23.1 Å². The molecule has 0 bridgehead atoms.